The zero-order valence-corrected chi connectivity index (χ0v) is 11.4. The van der Waals surface area contributed by atoms with Crippen LogP contribution in [0.2, 0.25) is 0 Å². The highest BCUT2D eigenvalue weighted by molar-refractivity contribution is 5.74. The summed E-state index contributed by atoms with van der Waals surface area (Å²) < 4.78 is 4.55. The van der Waals surface area contributed by atoms with Gasteiger partial charge in [-0.1, -0.05) is 0 Å². The topological polar surface area (TPSA) is 67.3 Å². The third-order valence-electron chi connectivity index (χ3n) is 3.37. The summed E-state index contributed by atoms with van der Waals surface area (Å²) in [5.74, 6) is 0.735. The molecule has 2 heterocycles. The highest BCUT2D eigenvalue weighted by Crippen LogP contribution is 2.24. The standard InChI is InChI=1S/C13H20N4O2/c1-17-7-3-4-10(9-17)11-5-6-12(16-15-11)14-8-13(18)19-2/h5-6,10H,3-4,7-9H2,1-2H3,(H,14,16). The minimum absolute atomic E-state index is 0.108. The van der Waals surface area contributed by atoms with Gasteiger partial charge in [-0.15, -0.1) is 5.10 Å². The summed E-state index contributed by atoms with van der Waals surface area (Å²) in [6.45, 7) is 2.29. The van der Waals surface area contributed by atoms with Crippen LogP contribution in [0.25, 0.3) is 0 Å². The molecule has 1 aromatic rings. The van der Waals surface area contributed by atoms with Crippen LogP contribution >= 0.6 is 0 Å². The predicted octanol–water partition coefficient (Wildman–Crippen LogP) is 0.871. The number of likely N-dealkylation sites (N-methyl/N-ethyl adjacent to an activating group) is 1. The molecule has 0 radical (unpaired) electrons. The van der Waals surface area contributed by atoms with Gasteiger partial charge in [0.25, 0.3) is 0 Å². The molecule has 1 fully saturated rings. The fourth-order valence-corrected chi connectivity index (χ4v) is 2.30. The van der Waals surface area contributed by atoms with Crippen LogP contribution in [-0.2, 0) is 9.53 Å². The van der Waals surface area contributed by atoms with E-state index in [1.54, 1.807) is 0 Å². The van der Waals surface area contributed by atoms with E-state index in [9.17, 15) is 4.79 Å². The Kier molecular flexibility index (Phi) is 4.68. The summed E-state index contributed by atoms with van der Waals surface area (Å²) in [5.41, 5.74) is 1.02. The number of likely N-dealkylation sites (tertiary alicyclic amines) is 1. The van der Waals surface area contributed by atoms with Crippen LogP contribution in [0, 0.1) is 0 Å². The van der Waals surface area contributed by atoms with Gasteiger partial charge in [0.05, 0.1) is 12.8 Å². The van der Waals surface area contributed by atoms with E-state index in [1.165, 1.54) is 13.5 Å². The van der Waals surface area contributed by atoms with Gasteiger partial charge in [0.2, 0.25) is 0 Å². The maximum Gasteiger partial charge on any atom is 0.325 e. The van der Waals surface area contributed by atoms with E-state index in [0.717, 1.165) is 25.2 Å². The number of rotatable bonds is 4. The number of nitrogens with one attached hydrogen (secondary N) is 1. The fourth-order valence-electron chi connectivity index (χ4n) is 2.30. The molecule has 0 amide bonds. The van der Waals surface area contributed by atoms with Crippen molar-refractivity contribution in [3.8, 4) is 0 Å². The number of nitrogens with zero attached hydrogens (tertiary/aromatic N) is 3. The Morgan fingerprint density at radius 2 is 2.37 bits per heavy atom. The highest BCUT2D eigenvalue weighted by Gasteiger charge is 2.20. The van der Waals surface area contributed by atoms with E-state index in [4.69, 9.17) is 0 Å². The molecule has 6 heteroatoms. The number of hydrogen-bond donors (Lipinski definition) is 1. The lowest BCUT2D eigenvalue weighted by Gasteiger charge is -2.28. The van der Waals surface area contributed by atoms with Crippen LogP contribution in [0.15, 0.2) is 12.1 Å². The van der Waals surface area contributed by atoms with Gasteiger partial charge in [0, 0.05) is 12.5 Å². The molecule has 1 atom stereocenters. The fraction of sp³-hybridized carbons (Fsp3) is 0.615. The molecule has 0 spiro atoms. The van der Waals surface area contributed by atoms with Crippen molar-refractivity contribution in [1.82, 2.24) is 15.1 Å². The van der Waals surface area contributed by atoms with E-state index in [0.29, 0.717) is 11.7 Å². The number of aromatic nitrogens is 2. The number of anilines is 1. The van der Waals surface area contributed by atoms with Crippen molar-refractivity contribution in [2.45, 2.75) is 18.8 Å². The first-order valence-electron chi connectivity index (χ1n) is 6.52. The zero-order chi connectivity index (χ0) is 13.7. The number of ether oxygens (including phenoxy) is 1. The molecule has 0 bridgehead atoms. The van der Waals surface area contributed by atoms with Crippen LogP contribution in [0.1, 0.15) is 24.5 Å². The largest absolute Gasteiger partial charge is 0.468 e. The summed E-state index contributed by atoms with van der Waals surface area (Å²) in [7, 11) is 3.49. The third kappa shape index (κ3) is 3.89. The van der Waals surface area contributed by atoms with Crippen molar-refractivity contribution in [2.75, 3.05) is 39.1 Å². The Bertz CT molecular complexity index is 421. The summed E-state index contributed by atoms with van der Waals surface area (Å²) in [4.78, 5) is 13.3. The minimum Gasteiger partial charge on any atom is -0.468 e. The van der Waals surface area contributed by atoms with E-state index < -0.39 is 0 Å². The first kappa shape index (κ1) is 13.7. The van der Waals surface area contributed by atoms with Crippen molar-refractivity contribution in [1.29, 1.82) is 0 Å². The van der Waals surface area contributed by atoms with Gasteiger partial charge in [0.1, 0.15) is 12.4 Å². The molecule has 0 saturated carbocycles. The lowest BCUT2D eigenvalue weighted by molar-refractivity contribution is -0.138. The highest BCUT2D eigenvalue weighted by atomic mass is 16.5. The summed E-state index contributed by atoms with van der Waals surface area (Å²) in [5, 5.41) is 11.2. The Morgan fingerprint density at radius 3 is 3.00 bits per heavy atom. The molecule has 1 unspecified atom stereocenters. The quantitative estimate of drug-likeness (QED) is 0.814. The minimum atomic E-state index is -0.320. The number of methoxy groups -OCH3 is 1. The molecular weight excluding hydrogens is 244 g/mol. The monoisotopic (exact) mass is 264 g/mol. The van der Waals surface area contributed by atoms with Gasteiger partial charge in [-0.3, -0.25) is 4.79 Å². The Morgan fingerprint density at radius 1 is 1.53 bits per heavy atom. The average molecular weight is 264 g/mol. The Labute approximate surface area is 113 Å². The molecule has 1 aliphatic rings. The van der Waals surface area contributed by atoms with Gasteiger partial charge >= 0.3 is 5.97 Å². The number of hydrogen-bond acceptors (Lipinski definition) is 6. The summed E-state index contributed by atoms with van der Waals surface area (Å²) in [6.07, 6.45) is 2.36. The lowest BCUT2D eigenvalue weighted by atomic mass is 9.95. The molecule has 1 N–H and O–H groups in total. The zero-order valence-electron chi connectivity index (χ0n) is 11.4. The van der Waals surface area contributed by atoms with Crippen LogP contribution < -0.4 is 5.32 Å². The van der Waals surface area contributed by atoms with Gasteiger partial charge in [0.15, 0.2) is 0 Å². The van der Waals surface area contributed by atoms with Crippen molar-refractivity contribution in [3.05, 3.63) is 17.8 Å². The first-order valence-corrected chi connectivity index (χ1v) is 6.52. The smallest absolute Gasteiger partial charge is 0.325 e. The predicted molar refractivity (Wildman–Crippen MR) is 72.0 cm³/mol. The van der Waals surface area contributed by atoms with E-state index >= 15 is 0 Å². The maximum atomic E-state index is 11.0. The van der Waals surface area contributed by atoms with Gasteiger partial charge < -0.3 is 15.0 Å². The molecule has 1 aromatic heterocycles. The molecule has 6 nitrogen and oxygen atoms in total. The van der Waals surface area contributed by atoms with Crippen molar-refractivity contribution in [3.63, 3.8) is 0 Å². The molecule has 1 aliphatic heterocycles. The number of piperidine rings is 1. The van der Waals surface area contributed by atoms with E-state index in [-0.39, 0.29) is 12.5 Å². The van der Waals surface area contributed by atoms with Gasteiger partial charge in [-0.2, -0.15) is 5.10 Å². The summed E-state index contributed by atoms with van der Waals surface area (Å²) in [6, 6.07) is 3.84. The Balaban J connectivity index is 1.92. The maximum absolute atomic E-state index is 11.0. The number of carbonyl (C=O) groups is 1. The normalized spacial score (nSPS) is 20.0. The van der Waals surface area contributed by atoms with Crippen LogP contribution in [0.5, 0.6) is 0 Å². The molecule has 2 rings (SSSR count). The van der Waals surface area contributed by atoms with E-state index in [2.05, 4.69) is 32.2 Å². The lowest BCUT2D eigenvalue weighted by Crippen LogP contribution is -2.31. The van der Waals surface area contributed by atoms with Crippen molar-refractivity contribution < 1.29 is 9.53 Å². The van der Waals surface area contributed by atoms with Crippen LogP contribution in [0.4, 0.5) is 5.82 Å². The molecule has 19 heavy (non-hydrogen) atoms. The molecule has 104 valence electrons. The molecule has 1 saturated heterocycles. The van der Waals surface area contributed by atoms with Crippen molar-refractivity contribution in [2.24, 2.45) is 0 Å². The molecule has 0 aromatic carbocycles. The SMILES string of the molecule is COC(=O)CNc1ccc(C2CCCN(C)C2)nn1. The number of carbonyl (C=O) groups excluding carboxylic acids is 1. The van der Waals surface area contributed by atoms with Gasteiger partial charge in [-0.05, 0) is 38.6 Å². The summed E-state index contributed by atoms with van der Waals surface area (Å²) >= 11 is 0. The van der Waals surface area contributed by atoms with E-state index in [1.807, 2.05) is 12.1 Å². The second-order valence-corrected chi connectivity index (χ2v) is 4.87. The number of esters is 1. The first-order chi connectivity index (χ1) is 9.19. The second-order valence-electron chi connectivity index (χ2n) is 4.87. The van der Waals surface area contributed by atoms with Crippen molar-refractivity contribution >= 4 is 11.8 Å². The third-order valence-corrected chi connectivity index (χ3v) is 3.37. The molecular formula is C13H20N4O2. The average Bonchev–Trinajstić information content (AvgIpc) is 2.45. The molecule has 0 aliphatic carbocycles. The van der Waals surface area contributed by atoms with Gasteiger partial charge in [-0.25, -0.2) is 0 Å². The second kappa shape index (κ2) is 6.47. The van der Waals surface area contributed by atoms with Crippen LogP contribution in [-0.4, -0.2) is 54.9 Å². The van der Waals surface area contributed by atoms with Crippen LogP contribution in [0.3, 0.4) is 0 Å². The Hall–Kier alpha value is -1.69.